The quantitative estimate of drug-likeness (QED) is 0.341. The van der Waals surface area contributed by atoms with Gasteiger partial charge in [0.1, 0.15) is 12.4 Å². The van der Waals surface area contributed by atoms with Crippen molar-refractivity contribution >= 4 is 16.8 Å². The predicted octanol–water partition coefficient (Wildman–Crippen LogP) is 3.51. The highest BCUT2D eigenvalue weighted by Gasteiger charge is 2.61. The van der Waals surface area contributed by atoms with E-state index < -0.39 is 17.2 Å². The molecule has 0 radical (unpaired) electrons. The number of hydroxylamine groups is 1. The molecule has 5 rings (SSSR count). The molecule has 2 aromatic heterocycles. The summed E-state index contributed by atoms with van der Waals surface area (Å²) < 4.78 is 10.9. The summed E-state index contributed by atoms with van der Waals surface area (Å²) in [6.45, 7) is 2.42. The third-order valence-electron chi connectivity index (χ3n) is 6.08. The van der Waals surface area contributed by atoms with Gasteiger partial charge in [-0.05, 0) is 49.6 Å². The molecule has 0 bridgehead atoms. The van der Waals surface area contributed by atoms with Crippen molar-refractivity contribution in [2.45, 2.75) is 31.8 Å². The molecule has 8 heteroatoms. The van der Waals surface area contributed by atoms with Crippen molar-refractivity contribution in [1.82, 2.24) is 20.6 Å². The number of pyridine rings is 1. The van der Waals surface area contributed by atoms with E-state index in [2.05, 4.69) is 21.2 Å². The Balaban J connectivity index is 1.30. The zero-order chi connectivity index (χ0) is 22.1. The molecular formula is C24H22N4O4. The number of hydrogen-bond donors (Lipinski definition) is 2. The maximum Gasteiger partial charge on any atom is 0.247 e. The number of hydrogen-bond acceptors (Lipinski definition) is 7. The number of amides is 1. The maximum atomic E-state index is 12.0. The number of benzene rings is 2. The van der Waals surface area contributed by atoms with Gasteiger partial charge in [-0.25, -0.2) is 5.48 Å². The summed E-state index contributed by atoms with van der Waals surface area (Å²) in [5, 5.41) is 14.1. The first kappa shape index (κ1) is 20.1. The zero-order valence-electron chi connectivity index (χ0n) is 17.5. The third-order valence-corrected chi connectivity index (χ3v) is 6.08. The van der Waals surface area contributed by atoms with Crippen LogP contribution in [-0.4, -0.2) is 26.2 Å². The topological polar surface area (TPSA) is 110 Å². The molecule has 0 aliphatic heterocycles. The highest BCUT2D eigenvalue weighted by Crippen LogP contribution is 2.55. The average Bonchev–Trinajstić information content (AvgIpc) is 3.26. The fourth-order valence-electron chi connectivity index (χ4n) is 4.38. The van der Waals surface area contributed by atoms with Gasteiger partial charge in [-0.2, -0.15) is 4.98 Å². The van der Waals surface area contributed by atoms with Gasteiger partial charge in [0, 0.05) is 16.6 Å². The van der Waals surface area contributed by atoms with Crippen molar-refractivity contribution in [3.63, 3.8) is 0 Å². The molecule has 2 N–H and O–H groups in total. The minimum atomic E-state index is -0.574. The number of carbonyl (C=O) groups excluding carboxylic acids is 1. The number of rotatable bonds is 7. The van der Waals surface area contributed by atoms with Crippen molar-refractivity contribution in [3.05, 3.63) is 83.6 Å². The van der Waals surface area contributed by atoms with Crippen molar-refractivity contribution in [1.29, 1.82) is 0 Å². The Labute approximate surface area is 184 Å². The number of fused-ring (bicyclic) bond motifs is 1. The van der Waals surface area contributed by atoms with E-state index in [1.807, 2.05) is 55.5 Å². The van der Waals surface area contributed by atoms with E-state index >= 15 is 0 Å². The smallest absolute Gasteiger partial charge is 0.247 e. The molecular weight excluding hydrogens is 408 g/mol. The molecule has 162 valence electrons. The SMILES string of the molecule is Cc1cc(COc2ccc(CC3(c4ncon4)CC3C(=O)NO)cc2)c2ccccc2n1. The molecule has 8 nitrogen and oxygen atoms in total. The van der Waals surface area contributed by atoms with Crippen molar-refractivity contribution in [2.24, 2.45) is 5.92 Å². The van der Waals surface area contributed by atoms with Crippen LogP contribution in [0.3, 0.4) is 0 Å². The number of aromatic nitrogens is 3. The lowest BCUT2D eigenvalue weighted by Gasteiger charge is -2.14. The first-order valence-electron chi connectivity index (χ1n) is 10.4. The molecule has 1 amide bonds. The molecule has 4 aromatic rings. The van der Waals surface area contributed by atoms with E-state index in [4.69, 9.17) is 14.5 Å². The minimum Gasteiger partial charge on any atom is -0.489 e. The van der Waals surface area contributed by atoms with Crippen LogP contribution in [0.15, 0.2) is 65.5 Å². The van der Waals surface area contributed by atoms with Crippen molar-refractivity contribution in [2.75, 3.05) is 0 Å². The first-order valence-corrected chi connectivity index (χ1v) is 10.4. The lowest BCUT2D eigenvalue weighted by Crippen LogP contribution is -2.27. The average molecular weight is 430 g/mol. The molecule has 2 heterocycles. The molecule has 1 aliphatic carbocycles. The van der Waals surface area contributed by atoms with Crippen LogP contribution in [0.2, 0.25) is 0 Å². The Kier molecular flexibility index (Phi) is 5.07. The van der Waals surface area contributed by atoms with Crippen LogP contribution >= 0.6 is 0 Å². The molecule has 0 saturated heterocycles. The summed E-state index contributed by atoms with van der Waals surface area (Å²) >= 11 is 0. The monoisotopic (exact) mass is 430 g/mol. The van der Waals surface area contributed by atoms with Crippen LogP contribution in [0.4, 0.5) is 0 Å². The molecule has 0 spiro atoms. The second-order valence-corrected chi connectivity index (χ2v) is 8.19. The van der Waals surface area contributed by atoms with E-state index in [1.165, 1.54) is 6.39 Å². The molecule has 2 unspecified atom stereocenters. The highest BCUT2D eigenvalue weighted by atomic mass is 16.5. The van der Waals surface area contributed by atoms with E-state index in [1.54, 1.807) is 5.48 Å². The first-order chi connectivity index (χ1) is 15.6. The summed E-state index contributed by atoms with van der Waals surface area (Å²) in [6, 6.07) is 17.9. The fraction of sp³-hybridized carbons (Fsp3) is 0.250. The van der Waals surface area contributed by atoms with Crippen molar-refractivity contribution < 1.29 is 19.3 Å². The molecule has 32 heavy (non-hydrogen) atoms. The van der Waals surface area contributed by atoms with Crippen LogP contribution in [-0.2, 0) is 23.2 Å². The normalized spacial score (nSPS) is 19.6. The van der Waals surface area contributed by atoms with Gasteiger partial charge in [-0.3, -0.25) is 15.0 Å². The Morgan fingerprint density at radius 1 is 1.25 bits per heavy atom. The number of nitrogens with one attached hydrogen (secondary N) is 1. The predicted molar refractivity (Wildman–Crippen MR) is 115 cm³/mol. The van der Waals surface area contributed by atoms with Gasteiger partial charge in [0.15, 0.2) is 5.82 Å². The maximum absolute atomic E-state index is 12.0. The lowest BCUT2D eigenvalue weighted by atomic mass is 9.92. The zero-order valence-corrected chi connectivity index (χ0v) is 17.5. The largest absolute Gasteiger partial charge is 0.489 e. The Hall–Kier alpha value is -3.78. The van der Waals surface area contributed by atoms with Gasteiger partial charge >= 0.3 is 0 Å². The van der Waals surface area contributed by atoms with E-state index in [9.17, 15) is 4.79 Å². The summed E-state index contributed by atoms with van der Waals surface area (Å²) in [6.07, 6.45) is 2.36. The lowest BCUT2D eigenvalue weighted by molar-refractivity contribution is -0.131. The summed E-state index contributed by atoms with van der Waals surface area (Å²) in [5.41, 5.74) is 5.18. The van der Waals surface area contributed by atoms with Gasteiger partial charge in [0.25, 0.3) is 0 Å². The minimum absolute atomic E-state index is 0.399. The molecule has 2 atom stereocenters. The Bertz CT molecular complexity index is 1260. The second kappa shape index (κ2) is 8.05. The number of nitrogens with zero attached hydrogens (tertiary/aromatic N) is 3. The van der Waals surface area contributed by atoms with E-state index in [0.717, 1.165) is 33.5 Å². The van der Waals surface area contributed by atoms with E-state index in [0.29, 0.717) is 25.3 Å². The molecule has 1 aliphatic rings. The van der Waals surface area contributed by atoms with Gasteiger partial charge in [0.05, 0.1) is 16.8 Å². The Morgan fingerprint density at radius 3 is 2.81 bits per heavy atom. The summed E-state index contributed by atoms with van der Waals surface area (Å²) in [7, 11) is 0. The fourth-order valence-corrected chi connectivity index (χ4v) is 4.38. The molecule has 2 aromatic carbocycles. The van der Waals surface area contributed by atoms with Gasteiger partial charge < -0.3 is 9.26 Å². The van der Waals surface area contributed by atoms with Gasteiger partial charge in [-0.1, -0.05) is 35.5 Å². The van der Waals surface area contributed by atoms with Crippen molar-refractivity contribution in [3.8, 4) is 5.75 Å². The number of ether oxygens (including phenoxy) is 1. The number of carbonyl (C=O) groups is 1. The number of aryl methyl sites for hydroxylation is 1. The standard InChI is InChI=1S/C24H22N4O4/c1-15-10-17(19-4-2-3-5-21(19)26-15)13-31-18-8-6-16(7-9-18)11-24(23-25-14-32-28-23)12-20(24)22(29)27-30/h2-10,14,20,30H,11-13H2,1H3,(H,27,29). The third kappa shape index (κ3) is 3.69. The second-order valence-electron chi connectivity index (χ2n) is 8.19. The van der Waals surface area contributed by atoms with E-state index in [-0.39, 0.29) is 0 Å². The van der Waals surface area contributed by atoms with Crippen LogP contribution in [0, 0.1) is 12.8 Å². The summed E-state index contributed by atoms with van der Waals surface area (Å²) in [5.74, 6) is 0.395. The number of para-hydroxylation sites is 1. The van der Waals surface area contributed by atoms with Gasteiger partial charge in [0.2, 0.25) is 12.3 Å². The molecule has 1 saturated carbocycles. The summed E-state index contributed by atoms with van der Waals surface area (Å²) in [4.78, 5) is 20.7. The van der Waals surface area contributed by atoms with Gasteiger partial charge in [-0.15, -0.1) is 0 Å². The van der Waals surface area contributed by atoms with Crippen LogP contribution < -0.4 is 10.2 Å². The Morgan fingerprint density at radius 2 is 2.06 bits per heavy atom. The van der Waals surface area contributed by atoms with Crippen LogP contribution in [0.5, 0.6) is 5.75 Å². The molecule has 1 fully saturated rings. The van der Waals surface area contributed by atoms with Crippen LogP contribution in [0.25, 0.3) is 10.9 Å². The highest BCUT2D eigenvalue weighted by molar-refractivity contribution is 5.83. The van der Waals surface area contributed by atoms with Crippen LogP contribution in [0.1, 0.15) is 29.1 Å².